The van der Waals surface area contributed by atoms with Crippen LogP contribution in [-0.2, 0) is 48.0 Å². The molecule has 0 radical (unpaired) electrons. The summed E-state index contributed by atoms with van der Waals surface area (Å²) in [5.41, 5.74) is 10.5. The van der Waals surface area contributed by atoms with Crippen molar-refractivity contribution in [2.75, 3.05) is 78.5 Å². The summed E-state index contributed by atoms with van der Waals surface area (Å²) in [5.74, 6) is -2.02. The molecular weight excluding hydrogens is 989 g/mol. The number of fused-ring (bicyclic) bond motifs is 7. The van der Waals surface area contributed by atoms with E-state index in [0.717, 1.165) is 89.3 Å². The van der Waals surface area contributed by atoms with Crippen LogP contribution >= 0.6 is 0 Å². The van der Waals surface area contributed by atoms with Gasteiger partial charge in [-0.3, -0.25) is 29.2 Å². The normalized spacial score (nSPS) is 23.4. The van der Waals surface area contributed by atoms with Crippen molar-refractivity contribution >= 4 is 46.3 Å². The Morgan fingerprint density at radius 2 is 1.69 bits per heavy atom. The number of nitrogens with zero attached hydrogens (tertiary/aromatic N) is 8. The van der Waals surface area contributed by atoms with E-state index in [1.807, 2.05) is 46.9 Å². The number of cyclic esters (lactones) is 1. The molecule has 5 aliphatic rings. The third-order valence-corrected chi connectivity index (χ3v) is 17.2. The number of phenolic OH excluding ortho intramolecular Hbond substituents is 1. The highest BCUT2D eigenvalue weighted by Crippen LogP contribution is 2.54. The SMILES string of the molecule is C=CC(=O)N1CC(C)N(C(=O)N(C)C(C(=O)NC2Cc3cc(O)cc(c3)-c3ccc4c(c3)c(c(-c3cc(N5CCN(C)CC5)cnc3C(C)OC)n4CC)CC(C)(C)COC(=O)C3NN(CCC34CC4)C2=O)C(C)C)C(C)C1. The number of aromatic nitrogens is 2. The minimum absolute atomic E-state index is 0.00853. The number of hydrogen-bond acceptors (Lipinski definition) is 12. The molecule has 18 nitrogen and oxygen atoms in total. The number of ether oxygens (including phenoxy) is 2. The molecule has 3 N–H and O–H groups in total. The summed E-state index contributed by atoms with van der Waals surface area (Å²) in [7, 11) is 5.45. The van der Waals surface area contributed by atoms with Gasteiger partial charge in [0.05, 0.1) is 36.0 Å². The molecule has 2 aromatic heterocycles. The summed E-state index contributed by atoms with van der Waals surface area (Å²) in [6.45, 7) is 24.8. The molecule has 1 spiro atoms. The summed E-state index contributed by atoms with van der Waals surface area (Å²) >= 11 is 0. The number of rotatable bonds is 10. The number of benzene rings is 2. The van der Waals surface area contributed by atoms with E-state index in [9.17, 15) is 24.3 Å². The first-order chi connectivity index (χ1) is 37.1. The number of pyridine rings is 1. The van der Waals surface area contributed by atoms with Gasteiger partial charge in [-0.2, -0.15) is 0 Å². The average Bonchev–Trinajstić information content (AvgIpc) is 4.19. The molecule has 3 saturated heterocycles. The Balaban J connectivity index is 1.13. The lowest BCUT2D eigenvalue weighted by atomic mass is 9.83. The van der Waals surface area contributed by atoms with Gasteiger partial charge >= 0.3 is 12.0 Å². The third kappa shape index (κ3) is 11.1. The largest absolute Gasteiger partial charge is 0.508 e. The number of likely N-dealkylation sites (N-methyl/N-ethyl adjacent to an activating group) is 2. The molecule has 420 valence electrons. The molecule has 4 fully saturated rings. The number of aryl methyl sites for hydroxylation is 1. The van der Waals surface area contributed by atoms with E-state index >= 15 is 4.79 Å². The second-order valence-corrected chi connectivity index (χ2v) is 24.0. The van der Waals surface area contributed by atoms with E-state index in [-0.39, 0.29) is 60.2 Å². The number of aromatic hydroxyl groups is 1. The first-order valence-corrected chi connectivity index (χ1v) is 28.0. The minimum atomic E-state index is -1.19. The number of methoxy groups -OCH3 is 1. The Hall–Kier alpha value is -6.50. The zero-order valence-corrected chi connectivity index (χ0v) is 47.7. The van der Waals surface area contributed by atoms with Crippen molar-refractivity contribution in [3.05, 3.63) is 78.1 Å². The van der Waals surface area contributed by atoms with Gasteiger partial charge in [0.2, 0.25) is 11.8 Å². The first-order valence-electron chi connectivity index (χ1n) is 28.0. The fraction of sp³-hybridized carbons (Fsp3) is 0.567. The van der Waals surface area contributed by atoms with Gasteiger partial charge in [-0.15, -0.1) is 0 Å². The van der Waals surface area contributed by atoms with Crippen LogP contribution in [0.3, 0.4) is 0 Å². The molecule has 6 unspecified atom stereocenters. The number of piperazine rings is 2. The molecule has 78 heavy (non-hydrogen) atoms. The van der Waals surface area contributed by atoms with Crippen LogP contribution in [-0.4, -0.2) is 173 Å². The molecule has 2 aromatic carbocycles. The van der Waals surface area contributed by atoms with E-state index < -0.39 is 41.3 Å². The van der Waals surface area contributed by atoms with E-state index in [0.29, 0.717) is 44.6 Å². The van der Waals surface area contributed by atoms with Crippen molar-refractivity contribution < 1.29 is 38.6 Å². The van der Waals surface area contributed by atoms with Gasteiger partial charge in [0.15, 0.2) is 0 Å². The van der Waals surface area contributed by atoms with Crippen LogP contribution in [0.2, 0.25) is 0 Å². The Bertz CT molecular complexity index is 2950. The number of nitrogens with one attached hydrogen (secondary N) is 2. The van der Waals surface area contributed by atoms with Crippen LogP contribution < -0.4 is 15.6 Å². The second kappa shape index (κ2) is 22.3. The predicted molar refractivity (Wildman–Crippen MR) is 301 cm³/mol. The molecule has 6 bridgehead atoms. The smallest absolute Gasteiger partial charge is 0.325 e. The van der Waals surface area contributed by atoms with Gasteiger partial charge in [-0.25, -0.2) is 10.2 Å². The van der Waals surface area contributed by atoms with E-state index in [1.165, 1.54) is 16.0 Å². The summed E-state index contributed by atoms with van der Waals surface area (Å²) in [6, 6.07) is 9.84. The average molecular weight is 1070 g/mol. The lowest BCUT2D eigenvalue weighted by Gasteiger charge is -2.46. The van der Waals surface area contributed by atoms with E-state index in [2.05, 4.69) is 83.8 Å². The maximum atomic E-state index is 15.2. The van der Waals surface area contributed by atoms with Crippen molar-refractivity contribution in [3.8, 4) is 28.1 Å². The van der Waals surface area contributed by atoms with Gasteiger partial charge in [-0.05, 0) is 130 Å². The van der Waals surface area contributed by atoms with Crippen molar-refractivity contribution in [1.82, 2.24) is 44.9 Å². The number of anilines is 1. The lowest BCUT2D eigenvalue weighted by molar-refractivity contribution is -0.159. The van der Waals surface area contributed by atoms with Crippen molar-refractivity contribution in [2.45, 2.75) is 130 Å². The van der Waals surface area contributed by atoms with Crippen molar-refractivity contribution in [2.24, 2.45) is 16.7 Å². The molecule has 1 aliphatic carbocycles. The van der Waals surface area contributed by atoms with Crippen molar-refractivity contribution in [3.63, 3.8) is 0 Å². The quantitative estimate of drug-likeness (QED) is 0.112. The number of hydrogen-bond donors (Lipinski definition) is 3. The third-order valence-electron chi connectivity index (χ3n) is 17.2. The van der Waals surface area contributed by atoms with E-state index in [1.54, 1.807) is 36.1 Å². The number of amides is 5. The fourth-order valence-corrected chi connectivity index (χ4v) is 12.7. The van der Waals surface area contributed by atoms with Gasteiger partial charge in [0.1, 0.15) is 23.9 Å². The maximum Gasteiger partial charge on any atom is 0.325 e. The summed E-state index contributed by atoms with van der Waals surface area (Å²) in [4.78, 5) is 86.5. The van der Waals surface area contributed by atoms with Gasteiger partial charge in [-0.1, -0.05) is 46.4 Å². The molecule has 18 heteroatoms. The molecule has 6 heterocycles. The topological polar surface area (TPSA) is 185 Å². The second-order valence-electron chi connectivity index (χ2n) is 24.0. The predicted octanol–water partition coefficient (Wildman–Crippen LogP) is 6.78. The number of esters is 1. The van der Waals surface area contributed by atoms with Crippen LogP contribution in [0, 0.1) is 16.7 Å². The Kier molecular flexibility index (Phi) is 16.1. The first kappa shape index (κ1) is 56.2. The number of hydrazine groups is 1. The standard InChI is InChI=1S/C60H82N10O8/c1-13-50(72)67-33-37(5)70(38(6)34-67)58(76)65(11)52(36(3)4)55(73)62-48-27-40-25-42(28-44(71)26-40)41-15-16-49-45(29-41)47(31-59(8,9)35-78-57(75)54-60(17-18-60)19-20-69(63-54)56(48)74)53(68(49)14-2)46-30-43(32-61-51(46)39(7)77-12)66-23-21-64(10)22-24-66/h13,15-16,25-26,28-30,32,36-39,48,52,54,63,71H,1,14,17-24,27,31,33-35H2,2-12H3,(H,62,73). The Morgan fingerprint density at radius 1 is 0.987 bits per heavy atom. The zero-order chi connectivity index (χ0) is 56.1. The highest BCUT2D eigenvalue weighted by Gasteiger charge is 2.57. The molecule has 5 amide bonds. The fourth-order valence-electron chi connectivity index (χ4n) is 12.7. The van der Waals surface area contributed by atoms with Crippen LogP contribution in [0.15, 0.2) is 61.3 Å². The Labute approximate surface area is 460 Å². The molecular formula is C60H82N10O8. The van der Waals surface area contributed by atoms with Crippen molar-refractivity contribution in [1.29, 1.82) is 0 Å². The molecule has 4 aliphatic heterocycles. The maximum absolute atomic E-state index is 15.2. The number of carbonyl (C=O) groups excluding carboxylic acids is 5. The summed E-state index contributed by atoms with van der Waals surface area (Å²) in [5, 5.41) is 17.1. The van der Waals surface area contributed by atoms with Crippen LogP contribution in [0.1, 0.15) is 97.6 Å². The molecule has 1 saturated carbocycles. The van der Waals surface area contributed by atoms with Crippen LogP contribution in [0.5, 0.6) is 5.75 Å². The monoisotopic (exact) mass is 1070 g/mol. The zero-order valence-electron chi connectivity index (χ0n) is 47.7. The van der Waals surface area contributed by atoms with Crippen LogP contribution in [0.25, 0.3) is 33.3 Å². The van der Waals surface area contributed by atoms with Gasteiger partial charge in [0.25, 0.3) is 5.91 Å². The van der Waals surface area contributed by atoms with E-state index in [4.69, 9.17) is 14.5 Å². The number of carbonyl (C=O) groups is 5. The number of phenols is 1. The highest BCUT2D eigenvalue weighted by molar-refractivity contribution is 5.96. The molecule has 9 rings (SSSR count). The summed E-state index contributed by atoms with van der Waals surface area (Å²) in [6.07, 6.45) is 5.60. The molecule has 4 aromatic rings. The summed E-state index contributed by atoms with van der Waals surface area (Å²) < 4.78 is 14.8. The highest BCUT2D eigenvalue weighted by atomic mass is 16.5. The van der Waals surface area contributed by atoms with Crippen LogP contribution in [0.4, 0.5) is 10.5 Å². The number of urea groups is 1. The van der Waals surface area contributed by atoms with Gasteiger partial charge < -0.3 is 49.0 Å². The lowest BCUT2D eigenvalue weighted by Crippen LogP contribution is -2.66. The Morgan fingerprint density at radius 3 is 2.33 bits per heavy atom. The van der Waals surface area contributed by atoms with Gasteiger partial charge in [0, 0.05) is 107 Å². The molecule has 6 atom stereocenters. The minimum Gasteiger partial charge on any atom is -0.508 e.